The lowest BCUT2D eigenvalue weighted by molar-refractivity contribution is 0.0551. The summed E-state index contributed by atoms with van der Waals surface area (Å²) in [6, 6.07) is 14.8. The van der Waals surface area contributed by atoms with Gasteiger partial charge >= 0.3 is 11.3 Å². The van der Waals surface area contributed by atoms with Gasteiger partial charge in [0, 0.05) is 21.2 Å². The summed E-state index contributed by atoms with van der Waals surface area (Å²) in [7, 11) is 0. The second kappa shape index (κ2) is 7.09. The highest BCUT2D eigenvalue weighted by Crippen LogP contribution is 2.33. The number of thioether (sulfide) groups is 1. The third kappa shape index (κ3) is 4.26. The number of hydrogen-bond donors (Lipinski definition) is 0. The van der Waals surface area contributed by atoms with Crippen molar-refractivity contribution in [2.24, 2.45) is 0 Å². The van der Waals surface area contributed by atoms with E-state index < -0.39 is 11.3 Å². The Kier molecular flexibility index (Phi) is 5.08. The van der Waals surface area contributed by atoms with Crippen LogP contribution in [0.3, 0.4) is 0 Å². The number of aromatic nitrogens is 2. The Hall–Kier alpha value is -1.63. The van der Waals surface area contributed by atoms with Crippen molar-refractivity contribution in [3.8, 4) is 11.4 Å². The second-order valence-corrected chi connectivity index (χ2v) is 6.82. The molecule has 0 unspecified atom stereocenters. The van der Waals surface area contributed by atoms with Gasteiger partial charge in [0.2, 0.25) is 5.82 Å². The van der Waals surface area contributed by atoms with E-state index in [4.69, 9.17) is 23.2 Å². The average Bonchev–Trinajstić information content (AvgIpc) is 3.05. The minimum atomic E-state index is -3.67. The fourth-order valence-electron chi connectivity index (χ4n) is 1.93. The predicted octanol–water partition coefficient (Wildman–Crippen LogP) is 5.97. The third-order valence-corrected chi connectivity index (χ3v) is 4.56. The van der Waals surface area contributed by atoms with Crippen LogP contribution in [-0.2, 0) is 11.1 Å². The zero-order valence-corrected chi connectivity index (χ0v) is 14.4. The quantitative estimate of drug-likeness (QED) is 0.399. The molecule has 0 aliphatic heterocycles. The summed E-state index contributed by atoms with van der Waals surface area (Å²) in [5.74, 6) is -0.102. The van der Waals surface area contributed by atoms with Crippen molar-refractivity contribution in [3.63, 3.8) is 0 Å². The number of alkyl halides is 3. The zero-order valence-electron chi connectivity index (χ0n) is 12.0. The summed E-state index contributed by atoms with van der Waals surface area (Å²) >= 11 is 12.3. The minimum absolute atomic E-state index is 0.0688. The van der Waals surface area contributed by atoms with E-state index >= 15 is 0 Å². The van der Waals surface area contributed by atoms with Gasteiger partial charge in [-0.1, -0.05) is 41.0 Å². The van der Waals surface area contributed by atoms with Crippen molar-refractivity contribution in [3.05, 3.63) is 65.0 Å². The molecule has 3 aromatic rings. The number of halogens is 4. The van der Waals surface area contributed by atoms with Crippen LogP contribution in [0.5, 0.6) is 0 Å². The Bertz CT molecular complexity index is 835. The fourth-order valence-corrected chi connectivity index (χ4v) is 3.04. The van der Waals surface area contributed by atoms with Crippen LogP contribution in [0.25, 0.3) is 11.4 Å². The molecule has 0 amide bonds. The Labute approximate surface area is 151 Å². The SMILES string of the molecule is FC(F)(Cl)c1nc(-c2cccc(SCc3ccc(Cl)cc3)c2)no1. The molecular weight excluding hydrogens is 377 g/mol. The molecule has 0 atom stereocenters. The van der Waals surface area contributed by atoms with E-state index in [1.165, 1.54) is 0 Å². The molecule has 0 saturated carbocycles. The van der Waals surface area contributed by atoms with Crippen molar-refractivity contribution in [2.75, 3.05) is 0 Å². The first-order valence-corrected chi connectivity index (χ1v) is 8.54. The predicted molar refractivity (Wildman–Crippen MR) is 90.5 cm³/mol. The largest absolute Gasteiger partial charge is 0.400 e. The van der Waals surface area contributed by atoms with E-state index in [-0.39, 0.29) is 5.82 Å². The summed E-state index contributed by atoms with van der Waals surface area (Å²) in [4.78, 5) is 4.59. The van der Waals surface area contributed by atoms with Crippen LogP contribution in [0.4, 0.5) is 8.78 Å². The Morgan fingerprint density at radius 2 is 1.88 bits per heavy atom. The molecule has 1 heterocycles. The van der Waals surface area contributed by atoms with Gasteiger partial charge in [0.05, 0.1) is 0 Å². The first-order chi connectivity index (χ1) is 11.4. The van der Waals surface area contributed by atoms with E-state index in [1.807, 2.05) is 36.4 Å². The van der Waals surface area contributed by atoms with Gasteiger partial charge in [-0.2, -0.15) is 13.8 Å². The highest BCUT2D eigenvalue weighted by atomic mass is 35.5. The molecule has 2 aromatic carbocycles. The summed E-state index contributed by atoms with van der Waals surface area (Å²) < 4.78 is 30.4. The van der Waals surface area contributed by atoms with Gasteiger partial charge in [-0.3, -0.25) is 0 Å². The fraction of sp³-hybridized carbons (Fsp3) is 0.125. The van der Waals surface area contributed by atoms with Gasteiger partial charge in [0.1, 0.15) is 0 Å². The molecule has 24 heavy (non-hydrogen) atoms. The van der Waals surface area contributed by atoms with Crippen LogP contribution in [0, 0.1) is 0 Å². The van der Waals surface area contributed by atoms with Crippen LogP contribution < -0.4 is 0 Å². The summed E-state index contributed by atoms with van der Waals surface area (Å²) in [6.07, 6.45) is 0. The lowest BCUT2D eigenvalue weighted by Crippen LogP contribution is -2.03. The number of rotatable bonds is 5. The molecule has 8 heteroatoms. The number of nitrogens with zero attached hydrogens (tertiary/aromatic N) is 2. The van der Waals surface area contributed by atoms with E-state index in [0.29, 0.717) is 10.6 Å². The normalized spacial score (nSPS) is 11.7. The second-order valence-electron chi connectivity index (χ2n) is 4.86. The van der Waals surface area contributed by atoms with Crippen molar-refractivity contribution < 1.29 is 13.3 Å². The number of benzene rings is 2. The molecule has 0 saturated heterocycles. The summed E-state index contributed by atoms with van der Waals surface area (Å²) in [5, 5.41) is 0.563. The average molecular weight is 387 g/mol. The van der Waals surface area contributed by atoms with Gasteiger partial charge in [0.25, 0.3) is 0 Å². The van der Waals surface area contributed by atoms with E-state index in [2.05, 4.69) is 14.7 Å². The van der Waals surface area contributed by atoms with Crippen LogP contribution >= 0.6 is 35.0 Å². The first kappa shape index (κ1) is 17.2. The highest BCUT2D eigenvalue weighted by Gasteiger charge is 2.35. The molecule has 0 aliphatic rings. The molecule has 3 rings (SSSR count). The van der Waals surface area contributed by atoms with Crippen LogP contribution in [0.2, 0.25) is 5.02 Å². The van der Waals surface area contributed by atoms with E-state index in [0.717, 1.165) is 16.2 Å². The van der Waals surface area contributed by atoms with Crippen LogP contribution in [0.1, 0.15) is 11.5 Å². The molecule has 0 aliphatic carbocycles. The molecule has 0 bridgehead atoms. The molecule has 1 aromatic heterocycles. The van der Waals surface area contributed by atoms with Crippen molar-refractivity contribution in [1.82, 2.24) is 10.1 Å². The van der Waals surface area contributed by atoms with Gasteiger partial charge < -0.3 is 4.52 Å². The minimum Gasteiger partial charge on any atom is -0.331 e. The lowest BCUT2D eigenvalue weighted by Gasteiger charge is -2.04. The molecule has 0 radical (unpaired) electrons. The Morgan fingerprint density at radius 1 is 1.12 bits per heavy atom. The molecule has 124 valence electrons. The monoisotopic (exact) mass is 386 g/mol. The molecule has 3 nitrogen and oxygen atoms in total. The maximum Gasteiger partial charge on any atom is 0.400 e. The topological polar surface area (TPSA) is 38.9 Å². The molecule has 0 spiro atoms. The van der Waals surface area contributed by atoms with Crippen molar-refractivity contribution in [2.45, 2.75) is 16.0 Å². The first-order valence-electron chi connectivity index (χ1n) is 6.80. The zero-order chi connectivity index (χ0) is 17.2. The molecule has 0 N–H and O–H groups in total. The van der Waals surface area contributed by atoms with Crippen LogP contribution in [-0.4, -0.2) is 10.1 Å². The Morgan fingerprint density at radius 3 is 2.54 bits per heavy atom. The van der Waals surface area contributed by atoms with E-state index in [1.54, 1.807) is 23.9 Å². The summed E-state index contributed by atoms with van der Waals surface area (Å²) in [5.41, 5.74) is 1.70. The number of hydrogen-bond acceptors (Lipinski definition) is 4. The maximum atomic E-state index is 13.0. The van der Waals surface area contributed by atoms with Crippen LogP contribution in [0.15, 0.2) is 57.9 Å². The maximum absolute atomic E-state index is 13.0. The summed E-state index contributed by atoms with van der Waals surface area (Å²) in [6.45, 7) is 0. The standard InChI is InChI=1S/C16H10Cl2F2N2OS/c17-12-6-4-10(5-7-12)9-24-13-3-1-2-11(8-13)14-21-15(23-22-14)16(18,19)20/h1-8H,9H2. The molecular formula is C16H10Cl2F2N2OS. The van der Waals surface area contributed by atoms with Gasteiger partial charge in [-0.05, 0) is 41.4 Å². The van der Waals surface area contributed by atoms with Gasteiger partial charge in [-0.25, -0.2) is 0 Å². The smallest absolute Gasteiger partial charge is 0.331 e. The van der Waals surface area contributed by atoms with E-state index in [9.17, 15) is 8.78 Å². The molecule has 0 fully saturated rings. The Balaban J connectivity index is 1.74. The van der Waals surface area contributed by atoms with Gasteiger partial charge in [-0.15, -0.1) is 11.8 Å². The highest BCUT2D eigenvalue weighted by molar-refractivity contribution is 7.98. The van der Waals surface area contributed by atoms with Crippen molar-refractivity contribution in [1.29, 1.82) is 0 Å². The van der Waals surface area contributed by atoms with Gasteiger partial charge in [0.15, 0.2) is 0 Å². The van der Waals surface area contributed by atoms with Crippen molar-refractivity contribution >= 4 is 35.0 Å². The lowest BCUT2D eigenvalue weighted by atomic mass is 10.2. The third-order valence-electron chi connectivity index (χ3n) is 3.08.